The van der Waals surface area contributed by atoms with Crippen molar-refractivity contribution in [1.82, 2.24) is 9.80 Å². The summed E-state index contributed by atoms with van der Waals surface area (Å²) >= 11 is 0. The first-order valence-electron chi connectivity index (χ1n) is 11.1. The molecule has 0 aromatic heterocycles. The van der Waals surface area contributed by atoms with E-state index in [-0.39, 0.29) is 17.7 Å². The first-order chi connectivity index (χ1) is 15.5. The van der Waals surface area contributed by atoms with Gasteiger partial charge in [-0.1, -0.05) is 55.1 Å². The molecule has 0 atom stereocenters. The molecule has 1 heterocycles. The lowest BCUT2D eigenvalue weighted by atomic mass is 10.0. The van der Waals surface area contributed by atoms with E-state index >= 15 is 0 Å². The number of piperazine rings is 1. The number of ether oxygens (including phenoxy) is 1. The van der Waals surface area contributed by atoms with E-state index in [4.69, 9.17) is 4.74 Å². The van der Waals surface area contributed by atoms with Crippen LogP contribution in [0.15, 0.2) is 85.0 Å². The van der Waals surface area contributed by atoms with Crippen molar-refractivity contribution < 1.29 is 13.5 Å². The Hall–Kier alpha value is -2.60. The Morgan fingerprint density at radius 2 is 1.44 bits per heavy atom. The third-order valence-electron chi connectivity index (χ3n) is 5.58. The van der Waals surface area contributed by atoms with Crippen LogP contribution in [0.3, 0.4) is 0 Å². The molecule has 170 valence electrons. The standard InChI is InChI=1S/C27H32F2N2O/c1-3-5-22(2)6-4-15-30-16-18-31(19-17-30)20-21-32-27(23-7-11-25(28)12-8-23)24-9-13-26(29)14-10-24/h3-14,27H,2,15-21H2,1H3/b5-3-,6-4+. The van der Waals surface area contributed by atoms with Gasteiger partial charge in [0.25, 0.3) is 0 Å². The monoisotopic (exact) mass is 438 g/mol. The minimum absolute atomic E-state index is 0.287. The van der Waals surface area contributed by atoms with Crippen molar-refractivity contribution in [2.45, 2.75) is 13.0 Å². The zero-order valence-corrected chi connectivity index (χ0v) is 18.7. The molecule has 0 unspecified atom stereocenters. The topological polar surface area (TPSA) is 15.7 Å². The average Bonchev–Trinajstić information content (AvgIpc) is 2.79. The Morgan fingerprint density at radius 3 is 1.97 bits per heavy atom. The van der Waals surface area contributed by atoms with Crippen molar-refractivity contribution in [2.24, 2.45) is 0 Å². The number of nitrogens with zero attached hydrogens (tertiary/aromatic N) is 2. The van der Waals surface area contributed by atoms with Crippen LogP contribution in [0.25, 0.3) is 0 Å². The Kier molecular flexibility index (Phi) is 9.35. The van der Waals surface area contributed by atoms with Crippen LogP contribution in [0, 0.1) is 11.6 Å². The van der Waals surface area contributed by atoms with Crippen molar-refractivity contribution in [1.29, 1.82) is 0 Å². The Bertz CT molecular complexity index is 853. The first kappa shape index (κ1) is 24.1. The van der Waals surface area contributed by atoms with Crippen LogP contribution in [0.5, 0.6) is 0 Å². The summed E-state index contributed by atoms with van der Waals surface area (Å²) in [4.78, 5) is 4.82. The molecule has 0 aliphatic carbocycles. The summed E-state index contributed by atoms with van der Waals surface area (Å²) < 4.78 is 33.0. The maximum absolute atomic E-state index is 13.4. The third-order valence-corrected chi connectivity index (χ3v) is 5.58. The molecule has 3 rings (SSSR count). The Balaban J connectivity index is 1.48. The van der Waals surface area contributed by atoms with Crippen LogP contribution in [-0.4, -0.2) is 55.7 Å². The van der Waals surface area contributed by atoms with Gasteiger partial charge in [-0.15, -0.1) is 0 Å². The first-order valence-corrected chi connectivity index (χ1v) is 11.1. The number of rotatable bonds is 10. The lowest BCUT2D eigenvalue weighted by Crippen LogP contribution is -2.47. The summed E-state index contributed by atoms with van der Waals surface area (Å²) in [7, 11) is 0. The quantitative estimate of drug-likeness (QED) is 0.464. The number of benzene rings is 2. The Labute approximate surface area is 190 Å². The smallest absolute Gasteiger partial charge is 0.123 e. The average molecular weight is 439 g/mol. The second-order valence-electron chi connectivity index (χ2n) is 7.97. The zero-order chi connectivity index (χ0) is 22.8. The third kappa shape index (κ3) is 7.52. The molecular weight excluding hydrogens is 406 g/mol. The molecule has 5 heteroatoms. The minimum atomic E-state index is -0.354. The normalized spacial score (nSPS) is 15.9. The lowest BCUT2D eigenvalue weighted by molar-refractivity contribution is 0.0467. The van der Waals surface area contributed by atoms with Crippen LogP contribution >= 0.6 is 0 Å². The van der Waals surface area contributed by atoms with Gasteiger partial charge in [-0.25, -0.2) is 8.78 Å². The van der Waals surface area contributed by atoms with Gasteiger partial charge in [-0.2, -0.15) is 0 Å². The molecule has 1 aliphatic heterocycles. The van der Waals surface area contributed by atoms with Gasteiger partial charge in [-0.3, -0.25) is 9.80 Å². The second-order valence-corrected chi connectivity index (χ2v) is 7.97. The fourth-order valence-electron chi connectivity index (χ4n) is 3.78. The molecular formula is C27H32F2N2O. The van der Waals surface area contributed by atoms with E-state index in [1.165, 1.54) is 24.3 Å². The second kappa shape index (κ2) is 12.4. The molecule has 2 aromatic carbocycles. The van der Waals surface area contributed by atoms with Gasteiger partial charge >= 0.3 is 0 Å². The highest BCUT2D eigenvalue weighted by atomic mass is 19.1. The van der Waals surface area contributed by atoms with Gasteiger partial charge in [0.05, 0.1) is 6.61 Å². The summed E-state index contributed by atoms with van der Waals surface area (Å²) in [6, 6.07) is 12.6. The van der Waals surface area contributed by atoms with E-state index in [2.05, 4.69) is 28.5 Å². The van der Waals surface area contributed by atoms with Crippen LogP contribution in [0.4, 0.5) is 8.78 Å². The molecule has 1 saturated heterocycles. The van der Waals surface area contributed by atoms with E-state index in [1.54, 1.807) is 24.3 Å². The van der Waals surface area contributed by atoms with Crippen molar-refractivity contribution in [2.75, 3.05) is 45.9 Å². The molecule has 32 heavy (non-hydrogen) atoms. The van der Waals surface area contributed by atoms with E-state index in [0.29, 0.717) is 6.61 Å². The maximum atomic E-state index is 13.4. The molecule has 1 aliphatic rings. The summed E-state index contributed by atoms with van der Waals surface area (Å²) in [5.74, 6) is -0.573. The van der Waals surface area contributed by atoms with Gasteiger partial charge in [0.2, 0.25) is 0 Å². The largest absolute Gasteiger partial charge is 0.367 e. The highest BCUT2D eigenvalue weighted by molar-refractivity contribution is 5.30. The minimum Gasteiger partial charge on any atom is -0.367 e. The molecule has 0 radical (unpaired) electrons. The highest BCUT2D eigenvalue weighted by Crippen LogP contribution is 2.26. The van der Waals surface area contributed by atoms with Crippen LogP contribution in [0.2, 0.25) is 0 Å². The molecule has 0 amide bonds. The van der Waals surface area contributed by atoms with Crippen molar-refractivity contribution >= 4 is 0 Å². The molecule has 1 fully saturated rings. The molecule has 0 N–H and O–H groups in total. The number of halogens is 2. The predicted molar refractivity (Wildman–Crippen MR) is 127 cm³/mol. The van der Waals surface area contributed by atoms with E-state index in [1.807, 2.05) is 19.1 Å². The molecule has 0 spiro atoms. The SMILES string of the molecule is C=C(/C=C\C)/C=C/CN1CCN(CCOC(c2ccc(F)cc2)c2ccc(F)cc2)CC1. The summed E-state index contributed by atoms with van der Waals surface area (Å²) in [6.07, 6.45) is 7.86. The highest BCUT2D eigenvalue weighted by Gasteiger charge is 2.18. The van der Waals surface area contributed by atoms with Crippen molar-refractivity contribution in [3.63, 3.8) is 0 Å². The van der Waals surface area contributed by atoms with Crippen LogP contribution in [0.1, 0.15) is 24.2 Å². The fraction of sp³-hybridized carbons (Fsp3) is 0.333. The zero-order valence-electron chi connectivity index (χ0n) is 18.7. The van der Waals surface area contributed by atoms with Gasteiger partial charge < -0.3 is 4.74 Å². The molecule has 0 bridgehead atoms. The number of allylic oxidation sites excluding steroid dienone is 4. The lowest BCUT2D eigenvalue weighted by Gasteiger charge is -2.34. The summed E-state index contributed by atoms with van der Waals surface area (Å²) in [5.41, 5.74) is 2.73. The van der Waals surface area contributed by atoms with Gasteiger partial charge in [0.15, 0.2) is 0 Å². The van der Waals surface area contributed by atoms with Crippen LogP contribution in [-0.2, 0) is 4.74 Å². The molecule has 3 nitrogen and oxygen atoms in total. The maximum Gasteiger partial charge on any atom is 0.123 e. The number of hydrogen-bond acceptors (Lipinski definition) is 3. The fourth-order valence-corrected chi connectivity index (χ4v) is 3.78. The van der Waals surface area contributed by atoms with Gasteiger partial charge in [0, 0.05) is 39.3 Å². The van der Waals surface area contributed by atoms with Crippen molar-refractivity contribution in [3.05, 3.63) is 108 Å². The van der Waals surface area contributed by atoms with Gasteiger partial charge in [0.1, 0.15) is 17.7 Å². The summed E-state index contributed by atoms with van der Waals surface area (Å²) in [5, 5.41) is 0. The predicted octanol–water partition coefficient (Wildman–Crippen LogP) is 5.38. The van der Waals surface area contributed by atoms with E-state index < -0.39 is 0 Å². The number of hydrogen-bond donors (Lipinski definition) is 0. The summed E-state index contributed by atoms with van der Waals surface area (Å²) in [6.45, 7) is 12.3. The van der Waals surface area contributed by atoms with Crippen molar-refractivity contribution in [3.8, 4) is 0 Å². The van der Waals surface area contributed by atoms with Crippen LogP contribution < -0.4 is 0 Å². The van der Waals surface area contributed by atoms with E-state index in [9.17, 15) is 8.78 Å². The Morgan fingerprint density at radius 1 is 0.906 bits per heavy atom. The molecule has 0 saturated carbocycles. The van der Waals surface area contributed by atoms with E-state index in [0.717, 1.165) is 56.0 Å². The molecule has 2 aromatic rings. The van der Waals surface area contributed by atoms with Gasteiger partial charge in [-0.05, 0) is 47.9 Å².